The number of nitrogens with one attached hydrogen (secondary N) is 1. The molecule has 1 amide bonds. The van der Waals surface area contributed by atoms with Crippen molar-refractivity contribution >= 4 is 17.4 Å². The maximum absolute atomic E-state index is 12.5. The van der Waals surface area contributed by atoms with Crippen molar-refractivity contribution in [2.75, 3.05) is 23.3 Å². The van der Waals surface area contributed by atoms with Crippen LogP contribution in [0.4, 0.5) is 11.5 Å². The van der Waals surface area contributed by atoms with Gasteiger partial charge in [0, 0.05) is 42.7 Å². The Balaban J connectivity index is 1.33. The Kier molecular flexibility index (Phi) is 4.59. The number of nitrogens with zero attached hydrogens (tertiary/aromatic N) is 4. The van der Waals surface area contributed by atoms with Gasteiger partial charge in [0.15, 0.2) is 0 Å². The molecule has 0 atom stereocenters. The topological polar surface area (TPSA) is 84.2 Å². The van der Waals surface area contributed by atoms with Gasteiger partial charge in [0.1, 0.15) is 12.1 Å². The molecule has 132 valence electrons. The van der Waals surface area contributed by atoms with Gasteiger partial charge in [-0.15, -0.1) is 0 Å². The molecule has 1 N–H and O–H groups in total. The number of aromatic nitrogens is 3. The van der Waals surface area contributed by atoms with Gasteiger partial charge in [-0.2, -0.15) is 0 Å². The Bertz CT molecular complexity index is 841. The molecule has 7 nitrogen and oxygen atoms in total. The number of hydrogen-bond acceptors (Lipinski definition) is 6. The lowest BCUT2D eigenvalue weighted by molar-refractivity contribution is -0.120. The fourth-order valence-corrected chi connectivity index (χ4v) is 3.13. The number of carbonyl (C=O) groups excluding carboxylic acids is 1. The quantitative estimate of drug-likeness (QED) is 0.779. The first-order valence-electron chi connectivity index (χ1n) is 8.61. The van der Waals surface area contributed by atoms with Crippen LogP contribution in [0.25, 0.3) is 11.5 Å². The number of anilines is 2. The van der Waals surface area contributed by atoms with Crippen molar-refractivity contribution < 1.29 is 9.21 Å². The van der Waals surface area contributed by atoms with Crippen molar-refractivity contribution in [3.63, 3.8) is 0 Å². The molecule has 26 heavy (non-hydrogen) atoms. The summed E-state index contributed by atoms with van der Waals surface area (Å²) in [5.41, 5.74) is 1.66. The Morgan fingerprint density at radius 2 is 1.88 bits per heavy atom. The van der Waals surface area contributed by atoms with Crippen LogP contribution in [0.1, 0.15) is 12.8 Å². The zero-order valence-corrected chi connectivity index (χ0v) is 14.2. The first kappa shape index (κ1) is 16.3. The summed E-state index contributed by atoms with van der Waals surface area (Å²) in [6.45, 7) is 1.61. The highest BCUT2D eigenvalue weighted by atomic mass is 16.3. The first-order chi connectivity index (χ1) is 12.8. The minimum Gasteiger partial charge on any atom is -0.445 e. The van der Waals surface area contributed by atoms with Gasteiger partial charge in [-0.1, -0.05) is 0 Å². The van der Waals surface area contributed by atoms with Crippen molar-refractivity contribution in [3.05, 3.63) is 55.3 Å². The Morgan fingerprint density at radius 3 is 2.54 bits per heavy atom. The summed E-state index contributed by atoms with van der Waals surface area (Å²) in [6.07, 6.45) is 9.87. The van der Waals surface area contributed by atoms with E-state index in [1.54, 1.807) is 31.1 Å². The molecule has 2 aromatic heterocycles. The summed E-state index contributed by atoms with van der Waals surface area (Å²) in [6, 6.07) is 7.51. The highest BCUT2D eigenvalue weighted by Gasteiger charge is 2.25. The molecule has 0 radical (unpaired) electrons. The number of oxazole rings is 1. The summed E-state index contributed by atoms with van der Waals surface area (Å²) >= 11 is 0. The Labute approximate surface area is 151 Å². The lowest BCUT2D eigenvalue weighted by Gasteiger charge is -2.31. The van der Waals surface area contributed by atoms with Crippen LogP contribution in [0.5, 0.6) is 0 Å². The standard InChI is InChI=1S/C19H19N5O2/c25-18(14-5-10-24(11-6-14)17-13-20-7-8-21-17)23-16-3-1-15(2-4-16)19-22-9-12-26-19/h1-4,7-9,12-14H,5-6,10-11H2,(H,23,25). The third-order valence-electron chi connectivity index (χ3n) is 4.57. The Hall–Kier alpha value is -3.22. The van der Waals surface area contributed by atoms with Gasteiger partial charge in [-0.05, 0) is 37.1 Å². The minimum absolute atomic E-state index is 0.00865. The van der Waals surface area contributed by atoms with Crippen molar-refractivity contribution in [2.45, 2.75) is 12.8 Å². The summed E-state index contributed by atoms with van der Waals surface area (Å²) in [7, 11) is 0. The molecule has 0 saturated carbocycles. The molecular weight excluding hydrogens is 330 g/mol. The molecule has 3 aromatic rings. The van der Waals surface area contributed by atoms with E-state index in [4.69, 9.17) is 4.42 Å². The fourth-order valence-electron chi connectivity index (χ4n) is 3.13. The molecule has 1 aliphatic rings. The largest absolute Gasteiger partial charge is 0.445 e. The number of amides is 1. The van der Waals surface area contributed by atoms with Crippen LogP contribution in [-0.2, 0) is 4.79 Å². The van der Waals surface area contributed by atoms with Crippen molar-refractivity contribution in [3.8, 4) is 11.5 Å². The molecule has 1 aliphatic heterocycles. The van der Waals surface area contributed by atoms with Crippen LogP contribution < -0.4 is 10.2 Å². The fraction of sp³-hybridized carbons (Fsp3) is 0.263. The molecule has 1 fully saturated rings. The van der Waals surface area contributed by atoms with Crippen LogP contribution in [-0.4, -0.2) is 33.9 Å². The predicted molar refractivity (Wildman–Crippen MR) is 97.5 cm³/mol. The van der Waals surface area contributed by atoms with E-state index in [0.717, 1.165) is 43.0 Å². The van der Waals surface area contributed by atoms with Gasteiger partial charge in [0.2, 0.25) is 11.8 Å². The molecule has 3 heterocycles. The van der Waals surface area contributed by atoms with E-state index in [1.165, 1.54) is 0 Å². The molecule has 7 heteroatoms. The van der Waals surface area contributed by atoms with Crippen LogP contribution in [0, 0.1) is 5.92 Å². The summed E-state index contributed by atoms with van der Waals surface area (Å²) < 4.78 is 5.27. The number of piperidine rings is 1. The number of benzene rings is 1. The van der Waals surface area contributed by atoms with Crippen LogP contribution in [0.3, 0.4) is 0 Å². The van der Waals surface area contributed by atoms with Crippen molar-refractivity contribution in [2.24, 2.45) is 5.92 Å². The number of carbonyl (C=O) groups is 1. The lowest BCUT2D eigenvalue weighted by Crippen LogP contribution is -2.38. The average Bonchev–Trinajstić information content (AvgIpc) is 3.24. The summed E-state index contributed by atoms with van der Waals surface area (Å²) in [4.78, 5) is 27.2. The minimum atomic E-state index is 0.00865. The van der Waals surface area contributed by atoms with E-state index >= 15 is 0 Å². The van der Waals surface area contributed by atoms with E-state index in [1.807, 2.05) is 24.3 Å². The van der Waals surface area contributed by atoms with E-state index in [0.29, 0.717) is 5.89 Å². The molecule has 0 spiro atoms. The van der Waals surface area contributed by atoms with E-state index in [-0.39, 0.29) is 11.8 Å². The SMILES string of the molecule is O=C(Nc1ccc(-c2ncco2)cc1)C1CCN(c2cnccn2)CC1. The Morgan fingerprint density at radius 1 is 1.08 bits per heavy atom. The van der Waals surface area contributed by atoms with Crippen molar-refractivity contribution in [1.82, 2.24) is 15.0 Å². The van der Waals surface area contributed by atoms with Crippen LogP contribution in [0.15, 0.2) is 59.7 Å². The predicted octanol–water partition coefficient (Wildman–Crippen LogP) is 2.99. The zero-order chi connectivity index (χ0) is 17.8. The highest BCUT2D eigenvalue weighted by molar-refractivity contribution is 5.92. The highest BCUT2D eigenvalue weighted by Crippen LogP contribution is 2.24. The normalized spacial score (nSPS) is 15.0. The molecule has 4 rings (SSSR count). The monoisotopic (exact) mass is 349 g/mol. The van der Waals surface area contributed by atoms with Gasteiger partial charge < -0.3 is 14.6 Å². The second-order valence-corrected chi connectivity index (χ2v) is 6.23. The smallest absolute Gasteiger partial charge is 0.227 e. The van der Waals surface area contributed by atoms with E-state index in [9.17, 15) is 4.79 Å². The van der Waals surface area contributed by atoms with E-state index < -0.39 is 0 Å². The maximum atomic E-state index is 12.5. The maximum Gasteiger partial charge on any atom is 0.227 e. The van der Waals surface area contributed by atoms with Gasteiger partial charge >= 0.3 is 0 Å². The third kappa shape index (κ3) is 3.56. The molecule has 1 saturated heterocycles. The summed E-state index contributed by atoms with van der Waals surface area (Å²) in [5, 5.41) is 3.00. The van der Waals surface area contributed by atoms with Gasteiger partial charge in [-0.25, -0.2) is 9.97 Å². The molecule has 1 aromatic carbocycles. The molecular formula is C19H19N5O2. The van der Waals surface area contributed by atoms with Gasteiger partial charge in [-0.3, -0.25) is 9.78 Å². The summed E-state index contributed by atoms with van der Waals surface area (Å²) in [5.74, 6) is 1.51. The number of hydrogen-bond donors (Lipinski definition) is 1. The molecule has 0 unspecified atom stereocenters. The molecule has 0 bridgehead atoms. The average molecular weight is 349 g/mol. The van der Waals surface area contributed by atoms with E-state index in [2.05, 4.69) is 25.2 Å². The second kappa shape index (κ2) is 7.35. The molecule has 0 aliphatic carbocycles. The van der Waals surface area contributed by atoms with Crippen LogP contribution >= 0.6 is 0 Å². The second-order valence-electron chi connectivity index (χ2n) is 6.23. The first-order valence-corrected chi connectivity index (χ1v) is 8.61. The number of rotatable bonds is 4. The van der Waals surface area contributed by atoms with Crippen molar-refractivity contribution in [1.29, 1.82) is 0 Å². The van der Waals surface area contributed by atoms with Crippen LogP contribution in [0.2, 0.25) is 0 Å². The zero-order valence-electron chi connectivity index (χ0n) is 14.2. The van der Waals surface area contributed by atoms with Gasteiger partial charge in [0.25, 0.3) is 0 Å². The van der Waals surface area contributed by atoms with Gasteiger partial charge in [0.05, 0.1) is 12.4 Å². The third-order valence-corrected chi connectivity index (χ3v) is 4.57. The lowest BCUT2D eigenvalue weighted by atomic mass is 9.96.